The maximum Gasteiger partial charge on any atom is 0.415 e. The molecule has 9 heteroatoms. The number of hydrogen-bond donors (Lipinski definition) is 1. The highest BCUT2D eigenvalue weighted by Crippen LogP contribution is 2.29. The first kappa shape index (κ1) is 17.7. The number of carbonyl (C=O) groups is 3. The van der Waals surface area contributed by atoms with Gasteiger partial charge in [0.05, 0.1) is 19.3 Å². The van der Waals surface area contributed by atoms with E-state index in [0.29, 0.717) is 25.1 Å². The quantitative estimate of drug-likeness (QED) is 0.877. The zero-order valence-electron chi connectivity index (χ0n) is 14.1. The molecule has 1 unspecified atom stereocenters. The van der Waals surface area contributed by atoms with Crippen molar-refractivity contribution in [3.8, 4) is 0 Å². The Bertz CT molecular complexity index is 795. The number of amides is 3. The average molecular weight is 363 g/mol. The number of rotatable bonds is 3. The van der Waals surface area contributed by atoms with Crippen molar-refractivity contribution >= 4 is 29.4 Å². The van der Waals surface area contributed by atoms with Crippen molar-refractivity contribution in [2.75, 3.05) is 31.6 Å². The molecule has 2 aliphatic heterocycles. The Morgan fingerprint density at radius 1 is 1.38 bits per heavy atom. The van der Waals surface area contributed by atoms with Crippen LogP contribution in [-0.2, 0) is 14.3 Å². The highest BCUT2D eigenvalue weighted by Gasteiger charge is 2.36. The molecule has 2 N–H and O–H groups in total. The van der Waals surface area contributed by atoms with Gasteiger partial charge in [-0.3, -0.25) is 9.69 Å². The summed E-state index contributed by atoms with van der Waals surface area (Å²) in [6, 6.07) is 4.36. The summed E-state index contributed by atoms with van der Waals surface area (Å²) in [6.07, 6.45) is 0.0434. The Labute approximate surface area is 148 Å². The van der Waals surface area contributed by atoms with Gasteiger partial charge in [0.1, 0.15) is 5.82 Å². The lowest BCUT2D eigenvalue weighted by Gasteiger charge is -2.25. The van der Waals surface area contributed by atoms with Gasteiger partial charge in [0.2, 0.25) is 0 Å². The van der Waals surface area contributed by atoms with E-state index in [0.717, 1.165) is 10.5 Å². The molecular formula is C17H18FN3O5. The largest absolute Gasteiger partial charge is 0.453 e. The van der Waals surface area contributed by atoms with Gasteiger partial charge >= 0.3 is 12.2 Å². The SMILES string of the molecule is COC(=O)N1CC=C(c2ccc(N3CC(C(N)=O)OC3=O)cc2F)CC1. The first-order chi connectivity index (χ1) is 12.4. The molecule has 2 heterocycles. The lowest BCUT2D eigenvalue weighted by atomic mass is 9.98. The molecular weight excluding hydrogens is 345 g/mol. The molecule has 8 nitrogen and oxygen atoms in total. The second kappa shape index (κ2) is 7.03. The van der Waals surface area contributed by atoms with Crippen molar-refractivity contribution in [2.24, 2.45) is 5.73 Å². The van der Waals surface area contributed by atoms with Crippen molar-refractivity contribution in [1.29, 1.82) is 0 Å². The number of anilines is 1. The van der Waals surface area contributed by atoms with Crippen LogP contribution in [0.3, 0.4) is 0 Å². The van der Waals surface area contributed by atoms with Crippen LogP contribution < -0.4 is 10.6 Å². The van der Waals surface area contributed by atoms with Gasteiger partial charge in [-0.1, -0.05) is 6.08 Å². The third-order valence-corrected chi connectivity index (χ3v) is 4.38. The molecule has 3 rings (SSSR count). The van der Waals surface area contributed by atoms with E-state index in [1.807, 2.05) is 0 Å². The molecule has 1 saturated heterocycles. The van der Waals surface area contributed by atoms with Crippen LogP contribution in [0.25, 0.3) is 5.57 Å². The number of carbonyl (C=O) groups excluding carboxylic acids is 3. The maximum atomic E-state index is 14.6. The van der Waals surface area contributed by atoms with E-state index in [-0.39, 0.29) is 12.2 Å². The van der Waals surface area contributed by atoms with E-state index in [9.17, 15) is 18.8 Å². The van der Waals surface area contributed by atoms with E-state index < -0.39 is 30.0 Å². The zero-order valence-corrected chi connectivity index (χ0v) is 14.1. The van der Waals surface area contributed by atoms with E-state index in [1.54, 1.807) is 18.2 Å². The molecule has 26 heavy (non-hydrogen) atoms. The lowest BCUT2D eigenvalue weighted by Crippen LogP contribution is -2.34. The van der Waals surface area contributed by atoms with Gasteiger partial charge in [-0.15, -0.1) is 0 Å². The predicted molar refractivity (Wildman–Crippen MR) is 89.8 cm³/mol. The summed E-state index contributed by atoms with van der Waals surface area (Å²) in [5, 5.41) is 0. The number of ether oxygens (including phenoxy) is 2. The number of halogens is 1. The highest BCUT2D eigenvalue weighted by atomic mass is 19.1. The Hall–Kier alpha value is -3.10. The van der Waals surface area contributed by atoms with E-state index >= 15 is 0 Å². The summed E-state index contributed by atoms with van der Waals surface area (Å²) >= 11 is 0. The fourth-order valence-electron chi connectivity index (χ4n) is 2.96. The van der Waals surface area contributed by atoms with Crippen LogP contribution in [0.15, 0.2) is 24.3 Å². The van der Waals surface area contributed by atoms with Crippen molar-refractivity contribution < 1.29 is 28.2 Å². The zero-order chi connectivity index (χ0) is 18.8. The van der Waals surface area contributed by atoms with Gasteiger partial charge in [0, 0.05) is 18.7 Å². The van der Waals surface area contributed by atoms with Crippen LogP contribution in [0.2, 0.25) is 0 Å². The van der Waals surface area contributed by atoms with E-state index in [4.69, 9.17) is 10.5 Å². The lowest BCUT2D eigenvalue weighted by molar-refractivity contribution is -0.124. The van der Waals surface area contributed by atoms with Crippen LogP contribution >= 0.6 is 0 Å². The standard InChI is InChI=1S/C17H18FN3O5/c1-25-16(23)20-6-4-10(5-7-20)12-3-2-11(8-13(12)18)21-9-14(15(19)22)26-17(21)24/h2-4,8,14H,5-7,9H2,1H3,(H2,19,22). The molecule has 1 atom stereocenters. The first-order valence-electron chi connectivity index (χ1n) is 8.00. The second-order valence-electron chi connectivity index (χ2n) is 5.94. The fourth-order valence-corrected chi connectivity index (χ4v) is 2.96. The van der Waals surface area contributed by atoms with Gasteiger partial charge in [-0.05, 0) is 30.2 Å². The summed E-state index contributed by atoms with van der Waals surface area (Å²) < 4.78 is 24.1. The van der Waals surface area contributed by atoms with Crippen molar-refractivity contribution in [3.63, 3.8) is 0 Å². The van der Waals surface area contributed by atoms with Crippen LogP contribution in [0.4, 0.5) is 19.7 Å². The molecule has 1 fully saturated rings. The van der Waals surface area contributed by atoms with Crippen LogP contribution in [0.5, 0.6) is 0 Å². The minimum Gasteiger partial charge on any atom is -0.453 e. The van der Waals surface area contributed by atoms with Crippen LogP contribution in [-0.4, -0.2) is 55.8 Å². The number of methoxy groups -OCH3 is 1. The molecule has 138 valence electrons. The second-order valence-corrected chi connectivity index (χ2v) is 5.94. The fraction of sp³-hybridized carbons (Fsp3) is 0.353. The number of primary amides is 1. The normalized spacial score (nSPS) is 19.8. The number of nitrogens with two attached hydrogens (primary N) is 1. The number of benzene rings is 1. The van der Waals surface area contributed by atoms with Gasteiger partial charge < -0.3 is 20.1 Å². The van der Waals surface area contributed by atoms with Crippen molar-refractivity contribution in [2.45, 2.75) is 12.5 Å². The molecule has 0 spiro atoms. The van der Waals surface area contributed by atoms with Gasteiger partial charge in [0.15, 0.2) is 6.10 Å². The van der Waals surface area contributed by atoms with Gasteiger partial charge in [-0.2, -0.15) is 0 Å². The van der Waals surface area contributed by atoms with Gasteiger partial charge in [-0.25, -0.2) is 14.0 Å². The van der Waals surface area contributed by atoms with Crippen LogP contribution in [0, 0.1) is 5.82 Å². The monoisotopic (exact) mass is 363 g/mol. The average Bonchev–Trinajstić information content (AvgIpc) is 3.03. The minimum absolute atomic E-state index is 0.0518. The molecule has 0 saturated carbocycles. The first-order valence-corrected chi connectivity index (χ1v) is 8.00. The van der Waals surface area contributed by atoms with Crippen molar-refractivity contribution in [3.05, 3.63) is 35.7 Å². The molecule has 1 aromatic carbocycles. The summed E-state index contributed by atoms with van der Waals surface area (Å²) in [6.45, 7) is 0.712. The number of cyclic esters (lactones) is 1. The minimum atomic E-state index is -1.05. The molecule has 2 aliphatic rings. The third kappa shape index (κ3) is 3.32. The van der Waals surface area contributed by atoms with Crippen LogP contribution in [0.1, 0.15) is 12.0 Å². The Morgan fingerprint density at radius 2 is 2.15 bits per heavy atom. The number of hydrogen-bond acceptors (Lipinski definition) is 5. The highest BCUT2D eigenvalue weighted by molar-refractivity contribution is 5.95. The van der Waals surface area contributed by atoms with E-state index in [1.165, 1.54) is 18.1 Å². The molecule has 0 aromatic heterocycles. The smallest absolute Gasteiger partial charge is 0.415 e. The topological polar surface area (TPSA) is 102 Å². The molecule has 0 bridgehead atoms. The summed E-state index contributed by atoms with van der Waals surface area (Å²) in [5.41, 5.74) is 6.59. The Kier molecular flexibility index (Phi) is 4.79. The predicted octanol–water partition coefficient (Wildman–Crippen LogP) is 1.49. The Balaban J connectivity index is 1.77. The van der Waals surface area contributed by atoms with Gasteiger partial charge in [0.25, 0.3) is 5.91 Å². The maximum absolute atomic E-state index is 14.6. The third-order valence-electron chi connectivity index (χ3n) is 4.38. The summed E-state index contributed by atoms with van der Waals surface area (Å²) in [4.78, 5) is 37.1. The number of nitrogens with zero attached hydrogens (tertiary/aromatic N) is 2. The molecule has 0 radical (unpaired) electrons. The summed E-state index contributed by atoms with van der Waals surface area (Å²) in [7, 11) is 1.31. The summed E-state index contributed by atoms with van der Waals surface area (Å²) in [5.74, 6) is -1.25. The molecule has 3 amide bonds. The Morgan fingerprint density at radius 3 is 2.69 bits per heavy atom. The molecule has 1 aromatic rings. The molecule has 0 aliphatic carbocycles. The van der Waals surface area contributed by atoms with Crippen molar-refractivity contribution in [1.82, 2.24) is 4.90 Å². The van der Waals surface area contributed by atoms with E-state index in [2.05, 4.69) is 4.74 Å².